The molecule has 3 nitrogen and oxygen atoms in total. The minimum absolute atomic E-state index is 0.107. The molecule has 1 aliphatic carbocycles. The van der Waals surface area contributed by atoms with Crippen molar-refractivity contribution in [2.75, 3.05) is 13.2 Å². The number of hydrogen-bond donors (Lipinski definition) is 1. The number of carbonyl (C=O) groups is 1. The van der Waals surface area contributed by atoms with E-state index in [4.69, 9.17) is 4.74 Å². The molecule has 0 radical (unpaired) electrons. The number of halogens is 1. The maximum absolute atomic E-state index is 11.5. The van der Waals surface area contributed by atoms with Gasteiger partial charge in [0.1, 0.15) is 0 Å². The van der Waals surface area contributed by atoms with Crippen molar-refractivity contribution in [2.45, 2.75) is 12.5 Å². The van der Waals surface area contributed by atoms with Gasteiger partial charge in [-0.05, 0) is 6.42 Å². The van der Waals surface area contributed by atoms with Gasteiger partial charge in [-0.25, -0.2) is 0 Å². The molecule has 3 atom stereocenters. The van der Waals surface area contributed by atoms with Crippen molar-refractivity contribution < 1.29 is 9.53 Å². The second-order valence-electron chi connectivity index (χ2n) is 3.55. The average molecular weight is 246 g/mol. The van der Waals surface area contributed by atoms with Crippen molar-refractivity contribution in [1.82, 2.24) is 5.32 Å². The molecule has 0 aromatic heterocycles. The summed E-state index contributed by atoms with van der Waals surface area (Å²) in [6, 6.07) is 0. The van der Waals surface area contributed by atoms with E-state index >= 15 is 0 Å². The molecule has 0 aromatic rings. The van der Waals surface area contributed by atoms with Gasteiger partial charge in [0.25, 0.3) is 0 Å². The van der Waals surface area contributed by atoms with E-state index in [1.165, 1.54) is 0 Å². The van der Waals surface area contributed by atoms with E-state index in [-0.39, 0.29) is 17.9 Å². The first-order valence-corrected chi connectivity index (χ1v) is 5.22. The van der Waals surface area contributed by atoms with Crippen LogP contribution in [0.3, 0.4) is 0 Å². The van der Waals surface area contributed by atoms with Crippen LogP contribution in [-0.2, 0) is 9.53 Å². The van der Waals surface area contributed by atoms with Crippen molar-refractivity contribution in [3.05, 3.63) is 11.1 Å². The average Bonchev–Trinajstić information content (AvgIpc) is 2.56. The highest BCUT2D eigenvalue weighted by molar-refractivity contribution is 9.11. The SMILES string of the molecule is C=C(Br)CNC(=O)C1C2CCOC21. The van der Waals surface area contributed by atoms with Crippen molar-refractivity contribution >= 4 is 21.8 Å². The van der Waals surface area contributed by atoms with Crippen LogP contribution in [0.2, 0.25) is 0 Å². The zero-order valence-electron chi connectivity index (χ0n) is 7.25. The topological polar surface area (TPSA) is 38.3 Å². The van der Waals surface area contributed by atoms with Gasteiger partial charge in [-0.2, -0.15) is 0 Å². The second-order valence-corrected chi connectivity index (χ2v) is 4.67. The third kappa shape index (κ3) is 1.79. The van der Waals surface area contributed by atoms with Gasteiger partial charge in [-0.15, -0.1) is 0 Å². The molecule has 3 unspecified atom stereocenters. The van der Waals surface area contributed by atoms with Crippen LogP contribution < -0.4 is 5.32 Å². The molecule has 0 bridgehead atoms. The van der Waals surface area contributed by atoms with Gasteiger partial charge in [0.2, 0.25) is 5.91 Å². The van der Waals surface area contributed by atoms with Crippen LogP contribution >= 0.6 is 15.9 Å². The quantitative estimate of drug-likeness (QED) is 0.808. The lowest BCUT2D eigenvalue weighted by atomic mass is 10.2. The molecule has 0 spiro atoms. The summed E-state index contributed by atoms with van der Waals surface area (Å²) in [4.78, 5) is 11.5. The third-order valence-electron chi connectivity index (χ3n) is 2.61. The van der Waals surface area contributed by atoms with E-state index < -0.39 is 0 Å². The summed E-state index contributed by atoms with van der Waals surface area (Å²) in [7, 11) is 0. The van der Waals surface area contributed by atoms with E-state index in [1.807, 2.05) is 0 Å². The highest BCUT2D eigenvalue weighted by atomic mass is 79.9. The standard InChI is InChI=1S/C9H12BrNO2/c1-5(10)4-11-9(12)7-6-2-3-13-8(6)7/h6-8H,1-4H2,(H,11,12). The van der Waals surface area contributed by atoms with Crippen molar-refractivity contribution in [2.24, 2.45) is 11.8 Å². The van der Waals surface area contributed by atoms with Crippen LogP contribution in [0.1, 0.15) is 6.42 Å². The van der Waals surface area contributed by atoms with Crippen molar-refractivity contribution in [3.63, 3.8) is 0 Å². The molecule has 2 rings (SSSR count). The molecule has 0 aromatic carbocycles. The van der Waals surface area contributed by atoms with Crippen LogP contribution in [0, 0.1) is 11.8 Å². The summed E-state index contributed by atoms with van der Waals surface area (Å²) in [5.74, 6) is 0.708. The minimum Gasteiger partial charge on any atom is -0.377 e. The fourth-order valence-electron chi connectivity index (χ4n) is 1.90. The number of nitrogens with one attached hydrogen (secondary N) is 1. The highest BCUT2D eigenvalue weighted by Gasteiger charge is 2.58. The fourth-order valence-corrected chi connectivity index (χ4v) is 2.04. The van der Waals surface area contributed by atoms with E-state index in [0.717, 1.165) is 17.5 Å². The first-order valence-electron chi connectivity index (χ1n) is 4.43. The summed E-state index contributed by atoms with van der Waals surface area (Å²) < 4.78 is 6.17. The van der Waals surface area contributed by atoms with Crippen LogP contribution in [0.4, 0.5) is 0 Å². The normalized spacial score (nSPS) is 35.3. The Morgan fingerprint density at radius 1 is 1.69 bits per heavy atom. The van der Waals surface area contributed by atoms with Gasteiger partial charge in [0, 0.05) is 23.6 Å². The van der Waals surface area contributed by atoms with Gasteiger partial charge in [0.05, 0.1) is 12.0 Å². The van der Waals surface area contributed by atoms with Crippen LogP contribution in [0.25, 0.3) is 0 Å². The predicted octanol–water partition coefficient (Wildman–Crippen LogP) is 1.05. The number of fused-ring (bicyclic) bond motifs is 1. The number of hydrogen-bond acceptors (Lipinski definition) is 2. The van der Waals surface area contributed by atoms with Gasteiger partial charge in [-0.3, -0.25) is 4.79 Å². The predicted molar refractivity (Wildman–Crippen MR) is 52.4 cm³/mol. The first-order chi connectivity index (χ1) is 6.20. The Labute approximate surface area is 85.6 Å². The molecule has 2 fully saturated rings. The first kappa shape index (κ1) is 9.21. The lowest BCUT2D eigenvalue weighted by molar-refractivity contribution is -0.123. The molecular weight excluding hydrogens is 234 g/mol. The Kier molecular flexibility index (Phi) is 2.43. The minimum atomic E-state index is 0.107. The summed E-state index contributed by atoms with van der Waals surface area (Å²) >= 11 is 3.19. The molecule has 1 heterocycles. The summed E-state index contributed by atoms with van der Waals surface area (Å²) in [5, 5.41) is 2.81. The van der Waals surface area contributed by atoms with Crippen LogP contribution in [-0.4, -0.2) is 25.2 Å². The summed E-state index contributed by atoms with van der Waals surface area (Å²) in [5.41, 5.74) is 0. The Bertz CT molecular complexity index is 244. The molecule has 4 heteroatoms. The van der Waals surface area contributed by atoms with Crippen LogP contribution in [0.5, 0.6) is 0 Å². The smallest absolute Gasteiger partial charge is 0.226 e. The number of rotatable bonds is 3. The molecule has 1 aliphatic heterocycles. The molecule has 13 heavy (non-hydrogen) atoms. The second kappa shape index (κ2) is 3.42. The Hall–Kier alpha value is -0.350. The van der Waals surface area contributed by atoms with Gasteiger partial charge in [0.15, 0.2) is 0 Å². The number of amides is 1. The largest absolute Gasteiger partial charge is 0.377 e. The van der Waals surface area contributed by atoms with Gasteiger partial charge in [-0.1, -0.05) is 22.5 Å². The molecular formula is C9H12BrNO2. The lowest BCUT2D eigenvalue weighted by Gasteiger charge is -2.05. The highest BCUT2D eigenvalue weighted by Crippen LogP contribution is 2.48. The Balaban J connectivity index is 1.77. The maximum Gasteiger partial charge on any atom is 0.226 e. The van der Waals surface area contributed by atoms with E-state index in [2.05, 4.69) is 27.8 Å². The van der Waals surface area contributed by atoms with Gasteiger partial charge >= 0.3 is 0 Å². The van der Waals surface area contributed by atoms with Crippen LogP contribution in [0.15, 0.2) is 11.1 Å². The maximum atomic E-state index is 11.5. The third-order valence-corrected chi connectivity index (χ3v) is 2.90. The molecule has 1 saturated heterocycles. The Morgan fingerprint density at radius 3 is 3.00 bits per heavy atom. The fraction of sp³-hybridized carbons (Fsp3) is 0.667. The molecule has 2 aliphatic rings. The molecule has 1 amide bonds. The van der Waals surface area contributed by atoms with Crippen molar-refractivity contribution in [3.8, 4) is 0 Å². The Morgan fingerprint density at radius 2 is 2.46 bits per heavy atom. The summed E-state index contributed by atoms with van der Waals surface area (Å²) in [6.45, 7) is 4.98. The summed E-state index contributed by atoms with van der Waals surface area (Å²) in [6.07, 6.45) is 1.25. The molecule has 1 N–H and O–H groups in total. The van der Waals surface area contributed by atoms with Gasteiger partial charge < -0.3 is 10.1 Å². The number of carbonyl (C=O) groups excluding carboxylic acids is 1. The van der Waals surface area contributed by atoms with E-state index in [0.29, 0.717) is 12.5 Å². The molecule has 1 saturated carbocycles. The lowest BCUT2D eigenvalue weighted by Crippen LogP contribution is -2.28. The number of ether oxygens (including phenoxy) is 1. The van der Waals surface area contributed by atoms with E-state index in [9.17, 15) is 4.79 Å². The molecule has 72 valence electrons. The zero-order chi connectivity index (χ0) is 9.42. The zero-order valence-corrected chi connectivity index (χ0v) is 8.84. The monoisotopic (exact) mass is 245 g/mol. The van der Waals surface area contributed by atoms with E-state index in [1.54, 1.807) is 0 Å². The van der Waals surface area contributed by atoms with Crippen molar-refractivity contribution in [1.29, 1.82) is 0 Å².